The number of carbonyl (C=O) groups is 1. The van der Waals surface area contributed by atoms with Crippen LogP contribution >= 0.6 is 0 Å². The fourth-order valence-electron chi connectivity index (χ4n) is 3.64. The van der Waals surface area contributed by atoms with Gasteiger partial charge in [-0.05, 0) is 24.3 Å². The van der Waals surface area contributed by atoms with Gasteiger partial charge in [0.15, 0.2) is 5.82 Å². The molecule has 2 aromatic heterocycles. The van der Waals surface area contributed by atoms with E-state index in [2.05, 4.69) is 25.5 Å². The molecule has 0 radical (unpaired) electrons. The molecule has 7 nitrogen and oxygen atoms in total. The van der Waals surface area contributed by atoms with Gasteiger partial charge in [0.25, 0.3) is 0 Å². The number of pyridine rings is 1. The van der Waals surface area contributed by atoms with Crippen LogP contribution in [0.4, 0.5) is 0 Å². The Balaban J connectivity index is 1.29. The molecule has 0 saturated carbocycles. The molecule has 5 rings (SSSR count). The Kier molecular flexibility index (Phi) is 4.69. The monoisotopic (exact) mass is 397 g/mol. The summed E-state index contributed by atoms with van der Waals surface area (Å²) in [7, 11) is 0. The van der Waals surface area contributed by atoms with Crippen molar-refractivity contribution in [1.82, 2.24) is 25.5 Å². The van der Waals surface area contributed by atoms with Crippen LogP contribution in [0, 0.1) is 0 Å². The molecular weight excluding hydrogens is 378 g/mol. The highest BCUT2D eigenvalue weighted by Crippen LogP contribution is 2.43. The predicted molar refractivity (Wildman–Crippen MR) is 111 cm³/mol. The zero-order chi connectivity index (χ0) is 20.3. The summed E-state index contributed by atoms with van der Waals surface area (Å²) in [6.45, 7) is 0.450. The zero-order valence-corrected chi connectivity index (χ0v) is 16.1. The molecule has 7 heteroatoms. The molecule has 2 N–H and O–H groups in total. The number of H-pyrrole nitrogens is 1. The lowest BCUT2D eigenvalue weighted by molar-refractivity contribution is -0.121. The summed E-state index contributed by atoms with van der Waals surface area (Å²) in [6.07, 6.45) is 3.96. The van der Waals surface area contributed by atoms with Crippen LogP contribution in [0.3, 0.4) is 0 Å². The maximum Gasteiger partial charge on any atom is 0.232 e. The summed E-state index contributed by atoms with van der Waals surface area (Å²) in [5, 5.41) is 10.2. The highest BCUT2D eigenvalue weighted by molar-refractivity contribution is 5.89. The van der Waals surface area contributed by atoms with E-state index in [1.54, 1.807) is 12.4 Å². The van der Waals surface area contributed by atoms with Crippen LogP contribution in [0.15, 0.2) is 73.1 Å². The molecule has 3 heterocycles. The Morgan fingerprint density at radius 1 is 0.967 bits per heavy atom. The number of aromatic amines is 1. The number of rotatable bonds is 5. The zero-order valence-electron chi connectivity index (χ0n) is 16.1. The van der Waals surface area contributed by atoms with Crippen LogP contribution in [-0.4, -0.2) is 32.6 Å². The van der Waals surface area contributed by atoms with Crippen molar-refractivity contribution in [2.45, 2.75) is 12.3 Å². The van der Waals surface area contributed by atoms with Gasteiger partial charge in [-0.25, -0.2) is 4.98 Å². The van der Waals surface area contributed by atoms with Crippen molar-refractivity contribution < 1.29 is 9.53 Å². The molecule has 1 amide bonds. The first-order valence-corrected chi connectivity index (χ1v) is 9.75. The van der Waals surface area contributed by atoms with Crippen molar-refractivity contribution in [3.05, 3.63) is 90.0 Å². The van der Waals surface area contributed by atoms with Gasteiger partial charge in [-0.1, -0.05) is 36.4 Å². The molecule has 1 aliphatic heterocycles. The Morgan fingerprint density at radius 2 is 1.63 bits per heavy atom. The Morgan fingerprint density at radius 3 is 2.33 bits per heavy atom. The van der Waals surface area contributed by atoms with Gasteiger partial charge >= 0.3 is 0 Å². The van der Waals surface area contributed by atoms with Crippen LogP contribution in [0.5, 0.6) is 11.5 Å². The molecule has 1 aliphatic rings. The molecule has 0 bridgehead atoms. The van der Waals surface area contributed by atoms with Gasteiger partial charge in [0, 0.05) is 42.0 Å². The first kappa shape index (κ1) is 18.1. The lowest BCUT2D eigenvalue weighted by Gasteiger charge is -2.27. The first-order chi connectivity index (χ1) is 14.8. The third-order valence-electron chi connectivity index (χ3n) is 5.07. The van der Waals surface area contributed by atoms with Gasteiger partial charge in [0.2, 0.25) is 5.91 Å². The van der Waals surface area contributed by atoms with Gasteiger partial charge in [-0.2, -0.15) is 5.10 Å². The molecular formula is C23H19N5O2. The van der Waals surface area contributed by atoms with Gasteiger partial charge < -0.3 is 10.1 Å². The number of amides is 1. The summed E-state index contributed by atoms with van der Waals surface area (Å²) < 4.78 is 5.97. The van der Waals surface area contributed by atoms with E-state index in [4.69, 9.17) is 4.74 Å². The number of hydrogen-bond acceptors (Lipinski definition) is 5. The van der Waals surface area contributed by atoms with Crippen LogP contribution in [0.1, 0.15) is 22.9 Å². The molecule has 30 heavy (non-hydrogen) atoms. The number of nitrogens with zero attached hydrogens (tertiary/aromatic N) is 3. The minimum absolute atomic E-state index is 0.0629. The maximum absolute atomic E-state index is 13.1. The second-order valence-corrected chi connectivity index (χ2v) is 6.99. The first-order valence-electron chi connectivity index (χ1n) is 9.75. The molecule has 0 unspecified atom stereocenters. The summed E-state index contributed by atoms with van der Waals surface area (Å²) in [6, 6.07) is 19.0. The average Bonchev–Trinajstić information content (AvgIpc) is 3.27. The van der Waals surface area contributed by atoms with Crippen molar-refractivity contribution in [2.24, 2.45) is 0 Å². The lowest BCUT2D eigenvalue weighted by atomic mass is 9.87. The van der Waals surface area contributed by atoms with Gasteiger partial charge in [-0.15, -0.1) is 0 Å². The molecule has 0 aliphatic carbocycles. The minimum Gasteiger partial charge on any atom is -0.457 e. The minimum atomic E-state index is -0.409. The van der Waals surface area contributed by atoms with Crippen molar-refractivity contribution in [1.29, 1.82) is 0 Å². The number of para-hydroxylation sites is 2. The smallest absolute Gasteiger partial charge is 0.232 e. The Bertz CT molecular complexity index is 1140. The topological polar surface area (TPSA) is 92.8 Å². The van der Waals surface area contributed by atoms with E-state index in [-0.39, 0.29) is 5.91 Å². The Labute approximate surface area is 173 Å². The standard InChI is InChI=1S/C23H19N5O2/c29-23(25-14-11-20-26-22(28-27-20)15-9-12-24-13-10-15)21-16-5-1-3-7-18(16)30-19-8-4-2-6-17(19)21/h1-10,12-13,21H,11,14H2,(H,25,29)(H,26,27,28). The van der Waals surface area contributed by atoms with E-state index < -0.39 is 5.92 Å². The molecule has 0 atom stereocenters. The third-order valence-corrected chi connectivity index (χ3v) is 5.07. The van der Waals surface area contributed by atoms with Gasteiger partial charge in [-0.3, -0.25) is 14.9 Å². The molecule has 0 spiro atoms. The molecule has 4 aromatic rings. The normalized spacial score (nSPS) is 12.5. The number of fused-ring (bicyclic) bond motifs is 2. The highest BCUT2D eigenvalue weighted by atomic mass is 16.5. The average molecular weight is 397 g/mol. The fraction of sp³-hybridized carbons (Fsp3) is 0.130. The van der Waals surface area contributed by atoms with E-state index in [0.29, 0.717) is 30.3 Å². The molecule has 0 saturated heterocycles. The Hall–Kier alpha value is -4.00. The quantitative estimate of drug-likeness (QED) is 0.538. The van der Waals surface area contributed by atoms with Crippen LogP contribution in [-0.2, 0) is 11.2 Å². The van der Waals surface area contributed by atoms with Crippen molar-refractivity contribution >= 4 is 5.91 Å². The van der Waals surface area contributed by atoms with Crippen molar-refractivity contribution in [3.63, 3.8) is 0 Å². The van der Waals surface area contributed by atoms with E-state index in [1.807, 2.05) is 60.7 Å². The lowest BCUT2D eigenvalue weighted by Crippen LogP contribution is -2.33. The molecule has 2 aromatic carbocycles. The summed E-state index contributed by atoms with van der Waals surface area (Å²) >= 11 is 0. The second-order valence-electron chi connectivity index (χ2n) is 6.99. The van der Waals surface area contributed by atoms with E-state index in [9.17, 15) is 4.79 Å². The van der Waals surface area contributed by atoms with E-state index in [0.717, 1.165) is 22.5 Å². The maximum atomic E-state index is 13.1. The number of nitrogens with one attached hydrogen (secondary N) is 2. The number of benzene rings is 2. The SMILES string of the molecule is O=C(NCCc1nc(-c2ccncc2)n[nH]1)C1c2ccccc2Oc2ccccc21. The molecule has 148 valence electrons. The second kappa shape index (κ2) is 7.79. The van der Waals surface area contributed by atoms with Crippen molar-refractivity contribution in [2.75, 3.05) is 6.54 Å². The fourth-order valence-corrected chi connectivity index (χ4v) is 3.64. The number of ether oxygens (including phenoxy) is 1. The largest absolute Gasteiger partial charge is 0.457 e. The number of aromatic nitrogens is 4. The van der Waals surface area contributed by atoms with Crippen LogP contribution in [0.25, 0.3) is 11.4 Å². The summed E-state index contributed by atoms with van der Waals surface area (Å²) in [5.74, 6) is 2.29. The van der Waals surface area contributed by atoms with Crippen LogP contribution in [0.2, 0.25) is 0 Å². The van der Waals surface area contributed by atoms with Gasteiger partial charge in [0.1, 0.15) is 17.3 Å². The summed E-state index contributed by atoms with van der Waals surface area (Å²) in [4.78, 5) is 21.6. The van der Waals surface area contributed by atoms with Crippen LogP contribution < -0.4 is 10.1 Å². The van der Waals surface area contributed by atoms with Gasteiger partial charge in [0.05, 0.1) is 5.92 Å². The number of hydrogen-bond donors (Lipinski definition) is 2. The number of carbonyl (C=O) groups excluding carboxylic acids is 1. The third kappa shape index (κ3) is 3.41. The van der Waals surface area contributed by atoms with E-state index >= 15 is 0 Å². The molecule has 0 fully saturated rings. The van der Waals surface area contributed by atoms with Crippen molar-refractivity contribution in [3.8, 4) is 22.9 Å². The highest BCUT2D eigenvalue weighted by Gasteiger charge is 2.32. The predicted octanol–water partition coefficient (Wildman–Crippen LogP) is 3.46. The summed E-state index contributed by atoms with van der Waals surface area (Å²) in [5.41, 5.74) is 2.63. The van der Waals surface area contributed by atoms with E-state index in [1.165, 1.54) is 0 Å².